The summed E-state index contributed by atoms with van der Waals surface area (Å²) in [6.45, 7) is 14.3. The van der Waals surface area contributed by atoms with E-state index in [1.807, 2.05) is 0 Å². The van der Waals surface area contributed by atoms with Crippen molar-refractivity contribution >= 4 is 15.9 Å². The van der Waals surface area contributed by atoms with Gasteiger partial charge in [0.1, 0.15) is 0 Å². The maximum absolute atomic E-state index is 3.59. The summed E-state index contributed by atoms with van der Waals surface area (Å²) in [4.78, 5) is 5.12. The van der Waals surface area contributed by atoms with Crippen LogP contribution in [0.1, 0.15) is 20.8 Å². The normalized spacial score (nSPS) is 21.4. The Morgan fingerprint density at radius 1 is 1.07 bits per heavy atom. The Labute approximate surface area is 96.8 Å². The zero-order chi connectivity index (χ0) is 10.6. The van der Waals surface area contributed by atoms with Gasteiger partial charge in [0.05, 0.1) is 0 Å². The fraction of sp³-hybridized carbons (Fsp3) is 1.00. The summed E-state index contributed by atoms with van der Waals surface area (Å²) in [7, 11) is 0. The SMILES string of the molecule is CCN1CCN(CC(C)(C)CBr)CC1. The quantitative estimate of drug-likeness (QED) is 0.716. The minimum atomic E-state index is 0.411. The lowest BCUT2D eigenvalue weighted by molar-refractivity contribution is 0.107. The van der Waals surface area contributed by atoms with Crippen molar-refractivity contribution in [2.75, 3.05) is 44.6 Å². The average Bonchev–Trinajstić information content (AvgIpc) is 2.19. The highest BCUT2D eigenvalue weighted by atomic mass is 79.9. The van der Waals surface area contributed by atoms with Gasteiger partial charge in [-0.05, 0) is 12.0 Å². The lowest BCUT2D eigenvalue weighted by atomic mass is 9.95. The molecule has 1 rings (SSSR count). The number of halogens is 1. The van der Waals surface area contributed by atoms with Gasteiger partial charge in [0.2, 0.25) is 0 Å². The zero-order valence-electron chi connectivity index (χ0n) is 9.72. The van der Waals surface area contributed by atoms with E-state index in [-0.39, 0.29) is 0 Å². The lowest BCUT2D eigenvalue weighted by Crippen LogP contribution is -2.49. The standard InChI is InChI=1S/C11H23BrN2/c1-4-13-5-7-14(8-6-13)10-11(2,3)9-12/h4-10H2,1-3H3. The number of rotatable bonds is 4. The summed E-state index contributed by atoms with van der Waals surface area (Å²) in [5.74, 6) is 0. The van der Waals surface area contributed by atoms with E-state index in [1.165, 1.54) is 39.3 Å². The Hall–Kier alpha value is 0.400. The Kier molecular flexibility index (Phi) is 4.88. The van der Waals surface area contributed by atoms with E-state index in [0.717, 1.165) is 5.33 Å². The fourth-order valence-electron chi connectivity index (χ4n) is 1.91. The molecule has 84 valence electrons. The second-order valence-electron chi connectivity index (χ2n) is 5.01. The van der Waals surface area contributed by atoms with Gasteiger partial charge >= 0.3 is 0 Å². The molecule has 0 aromatic carbocycles. The van der Waals surface area contributed by atoms with E-state index >= 15 is 0 Å². The predicted molar refractivity (Wildman–Crippen MR) is 66.1 cm³/mol. The van der Waals surface area contributed by atoms with Crippen LogP contribution in [0.5, 0.6) is 0 Å². The van der Waals surface area contributed by atoms with Crippen LogP contribution in [0.15, 0.2) is 0 Å². The molecule has 0 radical (unpaired) electrons. The van der Waals surface area contributed by atoms with E-state index < -0.39 is 0 Å². The molecule has 0 aromatic heterocycles. The maximum atomic E-state index is 3.59. The number of likely N-dealkylation sites (N-methyl/N-ethyl adjacent to an activating group) is 1. The van der Waals surface area contributed by atoms with Gasteiger partial charge in [0.15, 0.2) is 0 Å². The Morgan fingerprint density at radius 3 is 2.00 bits per heavy atom. The van der Waals surface area contributed by atoms with Gasteiger partial charge in [-0.1, -0.05) is 36.7 Å². The van der Waals surface area contributed by atoms with Crippen molar-refractivity contribution in [3.8, 4) is 0 Å². The highest BCUT2D eigenvalue weighted by molar-refractivity contribution is 9.09. The first-order valence-corrected chi connectivity index (χ1v) is 6.70. The molecular weight excluding hydrogens is 240 g/mol. The summed E-state index contributed by atoms with van der Waals surface area (Å²) in [6, 6.07) is 0. The van der Waals surface area contributed by atoms with Crippen LogP contribution in [0.4, 0.5) is 0 Å². The molecule has 0 atom stereocenters. The van der Waals surface area contributed by atoms with Crippen molar-refractivity contribution in [2.24, 2.45) is 5.41 Å². The number of nitrogens with zero attached hydrogens (tertiary/aromatic N) is 2. The Morgan fingerprint density at radius 2 is 1.57 bits per heavy atom. The van der Waals surface area contributed by atoms with Crippen LogP contribution in [-0.2, 0) is 0 Å². The van der Waals surface area contributed by atoms with Crippen molar-refractivity contribution in [2.45, 2.75) is 20.8 Å². The van der Waals surface area contributed by atoms with Crippen LogP contribution < -0.4 is 0 Å². The molecule has 1 aliphatic rings. The van der Waals surface area contributed by atoms with Crippen LogP contribution >= 0.6 is 15.9 Å². The Balaban J connectivity index is 2.28. The molecule has 14 heavy (non-hydrogen) atoms. The lowest BCUT2D eigenvalue weighted by Gasteiger charge is -2.38. The first-order chi connectivity index (χ1) is 6.57. The van der Waals surface area contributed by atoms with Crippen LogP contribution in [0.2, 0.25) is 0 Å². The molecule has 0 aliphatic carbocycles. The number of alkyl halides is 1. The van der Waals surface area contributed by atoms with Gasteiger partial charge in [0.25, 0.3) is 0 Å². The molecule has 0 amide bonds. The van der Waals surface area contributed by atoms with Crippen molar-refractivity contribution < 1.29 is 0 Å². The molecule has 1 heterocycles. The van der Waals surface area contributed by atoms with Crippen molar-refractivity contribution in [3.05, 3.63) is 0 Å². The second kappa shape index (κ2) is 5.47. The summed E-state index contributed by atoms with van der Waals surface area (Å²) < 4.78 is 0. The molecule has 1 saturated heterocycles. The molecule has 0 N–H and O–H groups in total. The molecule has 0 aromatic rings. The second-order valence-corrected chi connectivity index (χ2v) is 5.57. The average molecular weight is 263 g/mol. The minimum Gasteiger partial charge on any atom is -0.301 e. The van der Waals surface area contributed by atoms with E-state index in [4.69, 9.17) is 0 Å². The molecule has 3 heteroatoms. The molecule has 0 spiro atoms. The Bertz CT molecular complexity index is 163. The van der Waals surface area contributed by atoms with Gasteiger partial charge in [-0.25, -0.2) is 0 Å². The highest BCUT2D eigenvalue weighted by Crippen LogP contribution is 2.20. The summed E-state index contributed by atoms with van der Waals surface area (Å²) in [5, 5.41) is 1.09. The smallest absolute Gasteiger partial charge is 0.0110 e. The monoisotopic (exact) mass is 262 g/mol. The number of hydrogen-bond donors (Lipinski definition) is 0. The summed E-state index contributed by atoms with van der Waals surface area (Å²) >= 11 is 3.59. The first-order valence-electron chi connectivity index (χ1n) is 5.58. The van der Waals surface area contributed by atoms with Crippen molar-refractivity contribution in [1.82, 2.24) is 9.80 Å². The van der Waals surface area contributed by atoms with Gasteiger partial charge in [-0.2, -0.15) is 0 Å². The molecule has 0 saturated carbocycles. The van der Waals surface area contributed by atoms with E-state index in [1.54, 1.807) is 0 Å². The van der Waals surface area contributed by atoms with Gasteiger partial charge < -0.3 is 9.80 Å². The van der Waals surface area contributed by atoms with E-state index in [9.17, 15) is 0 Å². The third-order valence-corrected chi connectivity index (χ3v) is 4.44. The van der Waals surface area contributed by atoms with E-state index in [2.05, 4.69) is 46.5 Å². The third kappa shape index (κ3) is 3.87. The van der Waals surface area contributed by atoms with Gasteiger partial charge in [0, 0.05) is 38.1 Å². The highest BCUT2D eigenvalue weighted by Gasteiger charge is 2.23. The molecule has 1 fully saturated rings. The third-order valence-electron chi connectivity index (χ3n) is 2.93. The van der Waals surface area contributed by atoms with Crippen LogP contribution in [0.3, 0.4) is 0 Å². The zero-order valence-corrected chi connectivity index (χ0v) is 11.3. The van der Waals surface area contributed by atoms with Gasteiger partial charge in [-0.15, -0.1) is 0 Å². The molecule has 2 nitrogen and oxygen atoms in total. The minimum absolute atomic E-state index is 0.411. The topological polar surface area (TPSA) is 6.48 Å². The molecule has 1 aliphatic heterocycles. The number of hydrogen-bond acceptors (Lipinski definition) is 2. The maximum Gasteiger partial charge on any atom is 0.0110 e. The van der Waals surface area contributed by atoms with E-state index in [0.29, 0.717) is 5.41 Å². The largest absolute Gasteiger partial charge is 0.301 e. The van der Waals surface area contributed by atoms with Crippen LogP contribution in [0, 0.1) is 5.41 Å². The molecular formula is C11H23BrN2. The van der Waals surface area contributed by atoms with Crippen LogP contribution in [0.25, 0.3) is 0 Å². The predicted octanol–water partition coefficient (Wildman–Crippen LogP) is 2.04. The molecule has 0 bridgehead atoms. The summed E-state index contributed by atoms with van der Waals surface area (Å²) in [5.41, 5.74) is 0.411. The van der Waals surface area contributed by atoms with Gasteiger partial charge in [-0.3, -0.25) is 0 Å². The number of piperazine rings is 1. The summed E-state index contributed by atoms with van der Waals surface area (Å²) in [6.07, 6.45) is 0. The van der Waals surface area contributed by atoms with Crippen LogP contribution in [-0.4, -0.2) is 54.4 Å². The van der Waals surface area contributed by atoms with Crippen molar-refractivity contribution in [1.29, 1.82) is 0 Å². The fourth-order valence-corrected chi connectivity index (χ4v) is 2.09. The first kappa shape index (κ1) is 12.5. The molecule has 0 unspecified atom stereocenters. The van der Waals surface area contributed by atoms with Crippen molar-refractivity contribution in [3.63, 3.8) is 0 Å².